The van der Waals surface area contributed by atoms with Crippen molar-refractivity contribution in [1.29, 1.82) is 0 Å². The SMILES string of the molecule is CCc1ccc(C(=O)Nc2cc(CN3CCN(CCCCCC(=O)NCCCN(C(=O)c4ccc(C)cc4)[C@@H](c4nc5cc(Cl)ccc5c(=O)n4Cc4ccccc4)C(C)C)CC3)cc(C(F)(F)F)c2)cc1C#Cc1cnc2ccnn2c1. The van der Waals surface area contributed by atoms with E-state index in [0.29, 0.717) is 95.0 Å². The molecule has 1 aliphatic rings. The number of piperazine rings is 1. The largest absolute Gasteiger partial charge is 0.416 e. The molecular formula is C65H68ClF3N10O4. The van der Waals surface area contributed by atoms with Crippen molar-refractivity contribution in [3.63, 3.8) is 0 Å². The third-order valence-electron chi connectivity index (χ3n) is 15.0. The quantitative estimate of drug-likeness (QED) is 0.0529. The number of hydrogen-bond acceptors (Lipinski definition) is 9. The number of hydrogen-bond donors (Lipinski definition) is 2. The van der Waals surface area contributed by atoms with Gasteiger partial charge in [0.15, 0.2) is 5.65 Å². The van der Waals surface area contributed by atoms with Crippen LogP contribution in [0.1, 0.15) is 124 Å². The van der Waals surface area contributed by atoms with E-state index in [4.69, 9.17) is 16.6 Å². The Hall–Kier alpha value is -8.17. The Morgan fingerprint density at radius 3 is 2.31 bits per heavy atom. The molecule has 18 heteroatoms. The van der Waals surface area contributed by atoms with Crippen molar-refractivity contribution < 1.29 is 27.6 Å². The summed E-state index contributed by atoms with van der Waals surface area (Å²) in [5, 5.41) is 10.9. The Bertz CT molecular complexity index is 3720. The Balaban J connectivity index is 0.752. The van der Waals surface area contributed by atoms with Crippen LogP contribution in [0.25, 0.3) is 16.6 Å². The van der Waals surface area contributed by atoms with E-state index in [2.05, 4.69) is 42.4 Å². The number of fused-ring (bicyclic) bond motifs is 2. The first-order valence-electron chi connectivity index (χ1n) is 28.3. The van der Waals surface area contributed by atoms with Crippen LogP contribution < -0.4 is 16.2 Å². The number of amides is 3. The summed E-state index contributed by atoms with van der Waals surface area (Å²) in [4.78, 5) is 71.4. The predicted molar refractivity (Wildman–Crippen MR) is 318 cm³/mol. The normalized spacial score (nSPS) is 13.5. The van der Waals surface area contributed by atoms with Crippen LogP contribution in [0.3, 0.4) is 0 Å². The molecule has 1 saturated heterocycles. The smallest absolute Gasteiger partial charge is 0.356 e. The number of nitrogens with one attached hydrogen (secondary N) is 2. The second kappa shape index (κ2) is 27.3. The third kappa shape index (κ3) is 15.5. The van der Waals surface area contributed by atoms with Crippen molar-refractivity contribution in [2.24, 2.45) is 5.92 Å². The molecule has 83 heavy (non-hydrogen) atoms. The van der Waals surface area contributed by atoms with Crippen LogP contribution >= 0.6 is 11.6 Å². The zero-order chi connectivity index (χ0) is 58.6. The van der Waals surface area contributed by atoms with E-state index < -0.39 is 23.7 Å². The molecule has 5 aromatic carbocycles. The number of benzene rings is 5. The monoisotopic (exact) mass is 1140 g/mol. The topological polar surface area (TPSA) is 150 Å². The van der Waals surface area contributed by atoms with Crippen LogP contribution in [0.5, 0.6) is 0 Å². The summed E-state index contributed by atoms with van der Waals surface area (Å²) >= 11 is 6.43. The highest BCUT2D eigenvalue weighted by Gasteiger charge is 2.34. The number of aromatic nitrogens is 5. The lowest BCUT2D eigenvalue weighted by Gasteiger charge is -2.35. The molecule has 1 fully saturated rings. The van der Waals surface area contributed by atoms with Gasteiger partial charge in [-0.25, -0.2) is 14.5 Å². The maximum Gasteiger partial charge on any atom is 0.416 e. The summed E-state index contributed by atoms with van der Waals surface area (Å²) in [6, 6.07) is 32.2. The number of carbonyl (C=O) groups excluding carboxylic acids is 3. The summed E-state index contributed by atoms with van der Waals surface area (Å²) in [5.41, 5.74) is 5.45. The molecule has 0 aliphatic carbocycles. The molecule has 0 saturated carbocycles. The van der Waals surface area contributed by atoms with E-state index in [1.165, 1.54) is 0 Å². The van der Waals surface area contributed by atoms with Crippen molar-refractivity contribution in [3.05, 3.63) is 205 Å². The van der Waals surface area contributed by atoms with Gasteiger partial charge in [0.05, 0.1) is 40.8 Å². The average Bonchev–Trinajstić information content (AvgIpc) is 3.46. The first-order chi connectivity index (χ1) is 40.0. The van der Waals surface area contributed by atoms with Crippen molar-refractivity contribution >= 4 is 51.6 Å². The van der Waals surface area contributed by atoms with Gasteiger partial charge in [0.25, 0.3) is 17.4 Å². The maximum absolute atomic E-state index is 14.6. The number of rotatable bonds is 21. The Labute approximate surface area is 486 Å². The molecule has 430 valence electrons. The number of anilines is 1. The molecular weight excluding hydrogens is 1080 g/mol. The van der Waals surface area contributed by atoms with Crippen LogP contribution in [0.15, 0.2) is 139 Å². The second-order valence-electron chi connectivity index (χ2n) is 21.5. The number of unbranched alkanes of at least 4 members (excludes halogenated alkanes) is 2. The van der Waals surface area contributed by atoms with E-state index in [-0.39, 0.29) is 54.2 Å². The lowest BCUT2D eigenvalue weighted by molar-refractivity contribution is -0.137. The lowest BCUT2D eigenvalue weighted by Crippen LogP contribution is -2.46. The van der Waals surface area contributed by atoms with Crippen LogP contribution in [0.4, 0.5) is 18.9 Å². The molecule has 3 amide bonds. The highest BCUT2D eigenvalue weighted by atomic mass is 35.5. The summed E-state index contributed by atoms with van der Waals surface area (Å²) in [6.07, 6.45) is 4.33. The fourth-order valence-electron chi connectivity index (χ4n) is 10.6. The Kier molecular flexibility index (Phi) is 19.5. The molecule has 0 unspecified atom stereocenters. The molecule has 2 N–H and O–H groups in total. The minimum absolute atomic E-state index is 0.0559. The van der Waals surface area contributed by atoms with Gasteiger partial charge < -0.3 is 20.4 Å². The number of alkyl halides is 3. The van der Waals surface area contributed by atoms with Gasteiger partial charge in [0.2, 0.25) is 5.91 Å². The van der Waals surface area contributed by atoms with E-state index in [9.17, 15) is 32.3 Å². The maximum atomic E-state index is 14.6. The molecule has 4 heterocycles. The molecule has 0 spiro atoms. The minimum atomic E-state index is -4.62. The van der Waals surface area contributed by atoms with Gasteiger partial charge in [-0.15, -0.1) is 0 Å². The molecule has 14 nitrogen and oxygen atoms in total. The van der Waals surface area contributed by atoms with Crippen LogP contribution in [-0.4, -0.2) is 102 Å². The van der Waals surface area contributed by atoms with E-state index in [0.717, 1.165) is 61.3 Å². The van der Waals surface area contributed by atoms with Crippen molar-refractivity contribution in [2.75, 3.05) is 51.1 Å². The Morgan fingerprint density at radius 2 is 1.57 bits per heavy atom. The zero-order valence-corrected chi connectivity index (χ0v) is 47.9. The highest BCUT2D eigenvalue weighted by molar-refractivity contribution is 6.31. The van der Waals surface area contributed by atoms with Gasteiger partial charge in [0, 0.05) is 98.1 Å². The van der Waals surface area contributed by atoms with Gasteiger partial charge in [-0.05, 0) is 122 Å². The summed E-state index contributed by atoms with van der Waals surface area (Å²) in [7, 11) is 0. The van der Waals surface area contributed by atoms with Crippen molar-refractivity contribution in [2.45, 2.75) is 91.5 Å². The molecule has 0 radical (unpaired) electrons. The van der Waals surface area contributed by atoms with E-state index in [1.807, 2.05) is 88.4 Å². The van der Waals surface area contributed by atoms with Crippen molar-refractivity contribution in [3.8, 4) is 11.8 Å². The fraction of sp³-hybridized carbons (Fsp3) is 0.338. The number of carbonyl (C=O) groups is 3. The Morgan fingerprint density at radius 1 is 0.807 bits per heavy atom. The predicted octanol–water partition coefficient (Wildman–Crippen LogP) is 11.4. The highest BCUT2D eigenvalue weighted by Crippen LogP contribution is 2.34. The summed E-state index contributed by atoms with van der Waals surface area (Å²) in [5.74, 6) is 5.69. The van der Waals surface area contributed by atoms with Gasteiger partial charge in [0.1, 0.15) is 5.82 Å². The van der Waals surface area contributed by atoms with E-state index >= 15 is 0 Å². The standard InChI is InChI=1S/C65H68ClF3N10O4/c1-5-49-22-23-52(37-51(49)21-18-47-40-71-58-26-28-72-79(58)43-47)62(81)73-55-36-48(35-53(38-55)65(67,68)69)41-76-33-31-75(32-34-76)29-11-7-10-15-59(80)70-27-12-30-77(63(82)50-19-16-45(4)17-20-50)60(44(2)3)61-74-57-39-54(66)24-25-56(57)64(83)78(61)42-46-13-8-6-9-14-46/h6,8-9,13-14,16-17,19-20,22-26,28,35-40,43-44,60H,5,7,10-12,15,27,29-34,41-42H2,1-4H3,(H,70,80)(H,73,81)/t60-/m1/s1. The fourth-order valence-corrected chi connectivity index (χ4v) is 10.7. The third-order valence-corrected chi connectivity index (χ3v) is 15.2. The first-order valence-corrected chi connectivity index (χ1v) is 28.7. The summed E-state index contributed by atoms with van der Waals surface area (Å²) < 4.78 is 46.1. The van der Waals surface area contributed by atoms with Gasteiger partial charge in [-0.2, -0.15) is 18.3 Å². The molecule has 8 aromatic rings. The zero-order valence-electron chi connectivity index (χ0n) is 47.2. The summed E-state index contributed by atoms with van der Waals surface area (Å²) in [6.45, 7) is 12.8. The average molecular weight is 1150 g/mol. The lowest BCUT2D eigenvalue weighted by atomic mass is 9.98. The van der Waals surface area contributed by atoms with Crippen LogP contribution in [0.2, 0.25) is 5.02 Å². The molecule has 1 aliphatic heterocycles. The minimum Gasteiger partial charge on any atom is -0.356 e. The number of halogens is 4. The van der Waals surface area contributed by atoms with Crippen LogP contribution in [-0.2, 0) is 30.5 Å². The second-order valence-corrected chi connectivity index (χ2v) is 22.0. The first kappa shape index (κ1) is 59.5. The van der Waals surface area contributed by atoms with Crippen LogP contribution in [0, 0.1) is 24.7 Å². The molecule has 0 bridgehead atoms. The van der Waals surface area contributed by atoms with Crippen molar-refractivity contribution in [1.82, 2.24) is 44.2 Å². The van der Waals surface area contributed by atoms with Gasteiger partial charge >= 0.3 is 6.18 Å². The van der Waals surface area contributed by atoms with Gasteiger partial charge in [-0.3, -0.25) is 28.6 Å². The number of nitrogens with zero attached hydrogens (tertiary/aromatic N) is 8. The molecule has 9 rings (SSSR count). The van der Waals surface area contributed by atoms with E-state index in [1.54, 1.807) is 75.0 Å². The van der Waals surface area contributed by atoms with Gasteiger partial charge in [-0.1, -0.05) is 105 Å². The molecule has 1 atom stereocenters. The molecule has 3 aromatic heterocycles. The number of aryl methyl sites for hydroxylation is 2.